The van der Waals surface area contributed by atoms with Crippen molar-refractivity contribution in [2.24, 2.45) is 5.92 Å². The lowest BCUT2D eigenvalue weighted by atomic mass is 9.93. The second kappa shape index (κ2) is 11.4. The van der Waals surface area contributed by atoms with E-state index in [1.807, 2.05) is 36.1 Å². The van der Waals surface area contributed by atoms with E-state index in [2.05, 4.69) is 10.6 Å². The van der Waals surface area contributed by atoms with Crippen molar-refractivity contribution in [1.82, 2.24) is 0 Å². The molecule has 9 heteroatoms. The van der Waals surface area contributed by atoms with Gasteiger partial charge in [0.1, 0.15) is 0 Å². The second-order valence-electron chi connectivity index (χ2n) is 10.2. The predicted molar refractivity (Wildman–Crippen MR) is 138 cm³/mol. The van der Waals surface area contributed by atoms with Gasteiger partial charge < -0.3 is 20.6 Å². The first-order valence-corrected chi connectivity index (χ1v) is 13.0. The number of carbonyl (C=O) groups is 2. The molecule has 2 fully saturated rings. The van der Waals surface area contributed by atoms with Gasteiger partial charge in [-0.25, -0.2) is 4.79 Å². The Bertz CT molecular complexity index is 1100. The molecule has 2 aromatic rings. The van der Waals surface area contributed by atoms with Crippen LogP contribution in [0, 0.1) is 12.8 Å². The zero-order valence-corrected chi connectivity index (χ0v) is 21.0. The Hall–Kier alpha value is -3.23. The molecule has 0 radical (unpaired) electrons. The molecule has 0 spiro atoms. The molecule has 2 amide bonds. The number of amides is 2. The van der Waals surface area contributed by atoms with Crippen molar-refractivity contribution in [2.75, 3.05) is 22.1 Å². The number of hydrogen-bond acceptors (Lipinski definition) is 3. The van der Waals surface area contributed by atoms with Crippen molar-refractivity contribution in [3.63, 3.8) is 0 Å². The standard InChI is InChI=1S/C28H34F3N3O3/c1-18-8-11-20(12-9-18)32-27(37)33-24-16-19(22-17-23(22)26(35)36)10-13-25(24)34(15-5-14-28(29,30)31)21-6-3-2-4-7-21/h8-13,16,21-23H,2-7,14-15,17H2,1H3,(H,35,36)(H2,32,33,37)/t22-,23-/m0/s1. The third-order valence-electron chi connectivity index (χ3n) is 7.30. The Kier molecular flexibility index (Phi) is 8.29. The number of carbonyl (C=O) groups excluding carboxylic acids is 1. The molecule has 2 aliphatic carbocycles. The number of benzene rings is 2. The van der Waals surface area contributed by atoms with Crippen LogP contribution in [0.3, 0.4) is 0 Å². The number of carboxylic acid groups (broad SMARTS) is 1. The molecule has 200 valence electrons. The summed E-state index contributed by atoms with van der Waals surface area (Å²) in [5, 5.41) is 15.1. The molecule has 2 aliphatic rings. The maximum atomic E-state index is 13.0. The van der Waals surface area contributed by atoms with E-state index in [0.717, 1.165) is 43.2 Å². The summed E-state index contributed by atoms with van der Waals surface area (Å²) in [6.07, 6.45) is 0.284. The number of nitrogens with one attached hydrogen (secondary N) is 2. The number of hydrogen-bond donors (Lipinski definition) is 3. The van der Waals surface area contributed by atoms with E-state index in [9.17, 15) is 27.9 Å². The highest BCUT2D eigenvalue weighted by atomic mass is 19.4. The topological polar surface area (TPSA) is 81.7 Å². The molecule has 0 aliphatic heterocycles. The van der Waals surface area contributed by atoms with Crippen LogP contribution in [0.1, 0.15) is 68.4 Å². The monoisotopic (exact) mass is 517 g/mol. The van der Waals surface area contributed by atoms with Crippen LogP contribution in [0.5, 0.6) is 0 Å². The predicted octanol–water partition coefficient (Wildman–Crippen LogP) is 7.31. The van der Waals surface area contributed by atoms with Gasteiger partial charge in [0.25, 0.3) is 0 Å². The average Bonchev–Trinajstić information content (AvgIpc) is 3.65. The van der Waals surface area contributed by atoms with Crippen LogP contribution in [-0.4, -0.2) is 35.9 Å². The van der Waals surface area contributed by atoms with Crippen LogP contribution in [0.15, 0.2) is 42.5 Å². The molecule has 0 bridgehead atoms. The molecule has 0 aromatic heterocycles. The third kappa shape index (κ3) is 7.40. The summed E-state index contributed by atoms with van der Waals surface area (Å²) in [5.41, 5.74) is 3.63. The molecule has 6 nitrogen and oxygen atoms in total. The van der Waals surface area contributed by atoms with Gasteiger partial charge in [-0.1, -0.05) is 43.0 Å². The van der Waals surface area contributed by atoms with E-state index in [1.54, 1.807) is 18.2 Å². The van der Waals surface area contributed by atoms with Gasteiger partial charge in [-0.3, -0.25) is 4.79 Å². The minimum atomic E-state index is -4.23. The molecule has 2 saturated carbocycles. The highest BCUT2D eigenvalue weighted by Gasteiger charge is 2.44. The Labute approximate surface area is 215 Å². The SMILES string of the molecule is Cc1ccc(NC(=O)Nc2cc([C@@H]3C[C@@H]3C(=O)O)ccc2N(CCCC(F)(F)F)C2CCCCC2)cc1. The van der Waals surface area contributed by atoms with Crippen LogP contribution >= 0.6 is 0 Å². The Morgan fingerprint density at radius 1 is 1.03 bits per heavy atom. The van der Waals surface area contributed by atoms with E-state index >= 15 is 0 Å². The summed E-state index contributed by atoms with van der Waals surface area (Å²) in [6.45, 7) is 2.17. The quantitative estimate of drug-likeness (QED) is 0.326. The maximum absolute atomic E-state index is 13.0. The number of nitrogens with zero attached hydrogens (tertiary/aromatic N) is 1. The van der Waals surface area contributed by atoms with Gasteiger partial charge in [-0.05, 0) is 68.4 Å². The van der Waals surface area contributed by atoms with Gasteiger partial charge in [-0.15, -0.1) is 0 Å². The van der Waals surface area contributed by atoms with E-state index in [4.69, 9.17) is 0 Å². The summed E-state index contributed by atoms with van der Waals surface area (Å²) in [5.74, 6) is -1.45. The first-order valence-electron chi connectivity index (χ1n) is 13.0. The van der Waals surface area contributed by atoms with Crippen molar-refractivity contribution in [3.05, 3.63) is 53.6 Å². The van der Waals surface area contributed by atoms with Gasteiger partial charge in [-0.2, -0.15) is 13.2 Å². The zero-order valence-electron chi connectivity index (χ0n) is 21.0. The van der Waals surface area contributed by atoms with Crippen molar-refractivity contribution in [1.29, 1.82) is 0 Å². The average molecular weight is 518 g/mol. The minimum absolute atomic E-state index is 0.0412. The van der Waals surface area contributed by atoms with E-state index in [-0.39, 0.29) is 24.9 Å². The molecule has 0 unspecified atom stereocenters. The Morgan fingerprint density at radius 2 is 1.73 bits per heavy atom. The fourth-order valence-electron chi connectivity index (χ4n) is 5.24. The summed E-state index contributed by atoms with van der Waals surface area (Å²) in [7, 11) is 0. The van der Waals surface area contributed by atoms with Crippen LogP contribution in [0.4, 0.5) is 35.0 Å². The first kappa shape index (κ1) is 26.8. The van der Waals surface area contributed by atoms with Crippen molar-refractivity contribution in [2.45, 2.75) is 76.4 Å². The van der Waals surface area contributed by atoms with Crippen LogP contribution in [0.25, 0.3) is 0 Å². The number of aliphatic carboxylic acids is 1. The molecule has 0 heterocycles. The highest BCUT2D eigenvalue weighted by molar-refractivity contribution is 6.02. The Balaban J connectivity index is 1.61. The minimum Gasteiger partial charge on any atom is -0.481 e. The second-order valence-corrected chi connectivity index (χ2v) is 10.2. The van der Waals surface area contributed by atoms with Crippen molar-refractivity contribution >= 4 is 29.1 Å². The largest absolute Gasteiger partial charge is 0.481 e. The molecule has 4 rings (SSSR count). The van der Waals surface area contributed by atoms with Crippen LogP contribution < -0.4 is 15.5 Å². The highest BCUT2D eigenvalue weighted by Crippen LogP contribution is 2.49. The first-order chi connectivity index (χ1) is 17.6. The lowest BCUT2D eigenvalue weighted by Crippen LogP contribution is -2.38. The molecule has 2 atom stereocenters. The summed E-state index contributed by atoms with van der Waals surface area (Å²) in [6, 6.07) is 12.4. The van der Waals surface area contributed by atoms with Gasteiger partial charge in [0.05, 0.1) is 17.3 Å². The fourth-order valence-corrected chi connectivity index (χ4v) is 5.24. The van der Waals surface area contributed by atoms with Gasteiger partial charge in [0.2, 0.25) is 0 Å². The number of urea groups is 1. The van der Waals surface area contributed by atoms with Crippen molar-refractivity contribution < 1.29 is 27.9 Å². The molecule has 0 saturated heterocycles. The smallest absolute Gasteiger partial charge is 0.389 e. The molecular formula is C28H34F3N3O3. The Morgan fingerprint density at radius 3 is 2.35 bits per heavy atom. The van der Waals surface area contributed by atoms with Crippen LogP contribution in [0.2, 0.25) is 0 Å². The maximum Gasteiger partial charge on any atom is 0.389 e. The number of rotatable bonds is 9. The molecule has 3 N–H and O–H groups in total. The number of aryl methyl sites for hydroxylation is 1. The summed E-state index contributed by atoms with van der Waals surface area (Å²) >= 11 is 0. The lowest BCUT2D eigenvalue weighted by Gasteiger charge is -2.37. The van der Waals surface area contributed by atoms with E-state index < -0.39 is 30.5 Å². The van der Waals surface area contributed by atoms with E-state index in [1.165, 1.54) is 0 Å². The third-order valence-corrected chi connectivity index (χ3v) is 7.30. The molecular weight excluding hydrogens is 483 g/mol. The van der Waals surface area contributed by atoms with Crippen molar-refractivity contribution in [3.8, 4) is 0 Å². The fraction of sp³-hybridized carbons (Fsp3) is 0.500. The number of carboxylic acids is 1. The lowest BCUT2D eigenvalue weighted by molar-refractivity contribution is -0.138. The normalized spacial score (nSPS) is 19.8. The van der Waals surface area contributed by atoms with E-state index in [0.29, 0.717) is 23.5 Å². The molecule has 37 heavy (non-hydrogen) atoms. The van der Waals surface area contributed by atoms with Gasteiger partial charge >= 0.3 is 18.2 Å². The zero-order chi connectivity index (χ0) is 26.6. The summed E-state index contributed by atoms with van der Waals surface area (Å²) < 4.78 is 38.9. The van der Waals surface area contributed by atoms with Crippen LogP contribution in [-0.2, 0) is 4.79 Å². The number of anilines is 3. The number of halogens is 3. The number of alkyl halides is 3. The molecule has 2 aromatic carbocycles. The summed E-state index contributed by atoms with van der Waals surface area (Å²) in [4.78, 5) is 26.4. The van der Waals surface area contributed by atoms with Gasteiger partial charge in [0, 0.05) is 24.7 Å². The van der Waals surface area contributed by atoms with Gasteiger partial charge in [0.15, 0.2) is 0 Å².